The minimum atomic E-state index is -0.296. The molecule has 6 nitrogen and oxygen atoms in total. The maximum atomic E-state index is 12.4. The van der Waals surface area contributed by atoms with E-state index in [9.17, 15) is 14.4 Å². The minimum absolute atomic E-state index is 0.180. The third-order valence-corrected chi connectivity index (χ3v) is 6.69. The summed E-state index contributed by atoms with van der Waals surface area (Å²) in [6, 6.07) is 11.5. The van der Waals surface area contributed by atoms with Crippen LogP contribution in [0.3, 0.4) is 0 Å². The number of thiazole rings is 1. The molecule has 0 spiro atoms. The summed E-state index contributed by atoms with van der Waals surface area (Å²) in [5.41, 5.74) is 0.846. The van der Waals surface area contributed by atoms with Crippen LogP contribution in [-0.4, -0.2) is 33.5 Å². The number of nitrogens with zero attached hydrogens (tertiary/aromatic N) is 2. The van der Waals surface area contributed by atoms with Gasteiger partial charge in [-0.1, -0.05) is 29.5 Å². The Morgan fingerprint density at radius 2 is 2.04 bits per heavy atom. The van der Waals surface area contributed by atoms with Gasteiger partial charge >= 0.3 is 0 Å². The van der Waals surface area contributed by atoms with Gasteiger partial charge in [-0.2, -0.15) is 0 Å². The fourth-order valence-electron chi connectivity index (χ4n) is 2.70. The molecule has 2 aromatic heterocycles. The molecule has 3 aromatic rings. The lowest BCUT2D eigenvalue weighted by Crippen LogP contribution is -2.29. The number of thioether (sulfide) groups is 1. The molecule has 1 saturated heterocycles. The number of nitrogens with one attached hydrogen (secondary N) is 1. The molecule has 4 rings (SSSR count). The topological polar surface area (TPSA) is 79.4 Å². The Kier molecular flexibility index (Phi) is 5.56. The predicted molar refractivity (Wildman–Crippen MR) is 114 cm³/mol. The Labute approximate surface area is 173 Å². The van der Waals surface area contributed by atoms with E-state index in [1.54, 1.807) is 6.08 Å². The molecule has 9 heteroatoms. The standard InChI is InChI=1S/C19H15N3O3S3/c23-16(21-18-20-13-6-1-2-7-14(13)27-18)8-3-9-22-17(24)15(28-19(22)25)11-12-5-4-10-26-12/h1-2,4-7,10-11H,3,8-9H2,(H,20,21,23)/b15-11+. The number of imide groups is 1. The number of carbonyl (C=O) groups is 3. The lowest BCUT2D eigenvalue weighted by Gasteiger charge is -2.11. The minimum Gasteiger partial charge on any atom is -0.302 e. The van der Waals surface area contributed by atoms with Gasteiger partial charge in [-0.3, -0.25) is 19.3 Å². The highest BCUT2D eigenvalue weighted by Crippen LogP contribution is 2.33. The van der Waals surface area contributed by atoms with Crippen LogP contribution in [0.5, 0.6) is 0 Å². The van der Waals surface area contributed by atoms with E-state index >= 15 is 0 Å². The molecular weight excluding hydrogens is 414 g/mol. The number of aromatic nitrogens is 1. The van der Waals surface area contributed by atoms with E-state index in [1.807, 2.05) is 41.8 Å². The zero-order chi connectivity index (χ0) is 19.5. The highest BCUT2D eigenvalue weighted by molar-refractivity contribution is 8.18. The largest absolute Gasteiger partial charge is 0.302 e. The average molecular weight is 430 g/mol. The zero-order valence-corrected chi connectivity index (χ0v) is 17.0. The Hall–Kier alpha value is -2.49. The molecule has 0 atom stereocenters. The van der Waals surface area contributed by atoms with E-state index in [0.29, 0.717) is 16.5 Å². The predicted octanol–water partition coefficient (Wildman–Crippen LogP) is 4.81. The van der Waals surface area contributed by atoms with Gasteiger partial charge < -0.3 is 5.32 Å². The van der Waals surface area contributed by atoms with E-state index in [4.69, 9.17) is 0 Å². The third kappa shape index (κ3) is 4.16. The first kappa shape index (κ1) is 18.9. The summed E-state index contributed by atoms with van der Waals surface area (Å²) in [6.07, 6.45) is 2.35. The number of rotatable bonds is 6. The molecular formula is C19H15N3O3S3. The van der Waals surface area contributed by atoms with Gasteiger partial charge in [0.25, 0.3) is 11.1 Å². The van der Waals surface area contributed by atoms with Crippen molar-refractivity contribution in [3.63, 3.8) is 0 Å². The van der Waals surface area contributed by atoms with Crippen molar-refractivity contribution in [3.05, 3.63) is 51.6 Å². The first-order chi connectivity index (χ1) is 13.6. The summed E-state index contributed by atoms with van der Waals surface area (Å²) in [5, 5.41) is 4.96. The number of benzene rings is 1. The van der Waals surface area contributed by atoms with Crippen molar-refractivity contribution in [2.45, 2.75) is 12.8 Å². The Balaban J connectivity index is 1.30. The van der Waals surface area contributed by atoms with E-state index in [-0.39, 0.29) is 30.0 Å². The fourth-order valence-corrected chi connectivity index (χ4v) is 5.17. The Morgan fingerprint density at radius 1 is 1.18 bits per heavy atom. The van der Waals surface area contributed by atoms with Crippen molar-refractivity contribution in [2.75, 3.05) is 11.9 Å². The van der Waals surface area contributed by atoms with E-state index in [1.165, 1.54) is 27.6 Å². The number of carbonyl (C=O) groups excluding carboxylic acids is 3. The van der Waals surface area contributed by atoms with Crippen LogP contribution in [0.4, 0.5) is 9.93 Å². The molecule has 0 saturated carbocycles. The molecule has 0 radical (unpaired) electrons. The highest BCUT2D eigenvalue weighted by atomic mass is 32.2. The second-order valence-corrected chi connectivity index (χ2v) is 8.99. The maximum Gasteiger partial charge on any atom is 0.293 e. The molecule has 142 valence electrons. The molecule has 0 bridgehead atoms. The van der Waals surface area contributed by atoms with Gasteiger partial charge in [0.2, 0.25) is 5.91 Å². The summed E-state index contributed by atoms with van der Waals surface area (Å²) in [6.45, 7) is 0.222. The van der Waals surface area contributed by atoms with Gasteiger partial charge in [0.05, 0.1) is 15.1 Å². The van der Waals surface area contributed by atoms with Crippen molar-refractivity contribution in [1.29, 1.82) is 0 Å². The smallest absolute Gasteiger partial charge is 0.293 e. The first-order valence-corrected chi connectivity index (χ1v) is 11.1. The quantitative estimate of drug-likeness (QED) is 0.569. The molecule has 3 heterocycles. The SMILES string of the molecule is O=C(CCCN1C(=O)S/C(=C/c2cccs2)C1=O)Nc1nc2ccccc2s1. The number of fused-ring (bicyclic) bond motifs is 1. The van der Waals surface area contributed by atoms with Crippen molar-refractivity contribution in [1.82, 2.24) is 9.88 Å². The Bertz CT molecular complexity index is 1040. The van der Waals surface area contributed by atoms with E-state index in [2.05, 4.69) is 10.3 Å². The van der Waals surface area contributed by atoms with Gasteiger partial charge in [-0.05, 0) is 47.8 Å². The van der Waals surface area contributed by atoms with Crippen molar-refractivity contribution in [3.8, 4) is 0 Å². The molecule has 1 aromatic carbocycles. The fraction of sp³-hybridized carbons (Fsp3) is 0.158. The normalized spacial score (nSPS) is 15.7. The summed E-state index contributed by atoms with van der Waals surface area (Å²) >= 11 is 3.86. The number of hydrogen-bond acceptors (Lipinski definition) is 7. The lowest BCUT2D eigenvalue weighted by atomic mass is 10.2. The highest BCUT2D eigenvalue weighted by Gasteiger charge is 2.34. The van der Waals surface area contributed by atoms with Crippen LogP contribution in [0.2, 0.25) is 0 Å². The molecule has 0 aliphatic carbocycles. The van der Waals surface area contributed by atoms with Gasteiger partial charge in [0, 0.05) is 17.8 Å². The van der Waals surface area contributed by atoms with Gasteiger partial charge in [-0.15, -0.1) is 11.3 Å². The molecule has 28 heavy (non-hydrogen) atoms. The second-order valence-electron chi connectivity index (χ2n) is 5.99. The number of para-hydroxylation sites is 1. The van der Waals surface area contributed by atoms with Crippen LogP contribution < -0.4 is 5.32 Å². The van der Waals surface area contributed by atoms with Gasteiger partial charge in [-0.25, -0.2) is 4.98 Å². The summed E-state index contributed by atoms with van der Waals surface area (Å²) in [5.74, 6) is -0.477. The van der Waals surface area contributed by atoms with Crippen molar-refractivity contribution < 1.29 is 14.4 Å². The number of hydrogen-bond donors (Lipinski definition) is 1. The monoisotopic (exact) mass is 429 g/mol. The zero-order valence-electron chi connectivity index (χ0n) is 14.6. The second kappa shape index (κ2) is 8.26. The van der Waals surface area contributed by atoms with Crippen LogP contribution in [0.25, 0.3) is 16.3 Å². The van der Waals surface area contributed by atoms with Gasteiger partial charge in [0.15, 0.2) is 5.13 Å². The van der Waals surface area contributed by atoms with Crippen LogP contribution in [0, 0.1) is 0 Å². The lowest BCUT2D eigenvalue weighted by molar-refractivity contribution is -0.123. The number of amides is 3. The van der Waals surface area contributed by atoms with Crippen LogP contribution in [0.15, 0.2) is 46.7 Å². The van der Waals surface area contributed by atoms with Gasteiger partial charge in [0.1, 0.15) is 0 Å². The molecule has 1 N–H and O–H groups in total. The molecule has 1 aliphatic rings. The van der Waals surface area contributed by atoms with Crippen LogP contribution in [-0.2, 0) is 9.59 Å². The van der Waals surface area contributed by atoms with E-state index < -0.39 is 0 Å². The molecule has 1 fully saturated rings. The van der Waals surface area contributed by atoms with Crippen molar-refractivity contribution >= 4 is 72.9 Å². The van der Waals surface area contributed by atoms with Crippen LogP contribution >= 0.6 is 34.4 Å². The maximum absolute atomic E-state index is 12.4. The Morgan fingerprint density at radius 3 is 2.82 bits per heavy atom. The molecule has 0 unspecified atom stereocenters. The summed E-state index contributed by atoms with van der Waals surface area (Å²) in [4.78, 5) is 43.6. The van der Waals surface area contributed by atoms with Crippen molar-refractivity contribution in [2.24, 2.45) is 0 Å². The molecule has 3 amide bonds. The third-order valence-electron chi connectivity index (χ3n) is 4.02. The summed E-state index contributed by atoms with van der Waals surface area (Å²) < 4.78 is 1.01. The molecule has 1 aliphatic heterocycles. The number of anilines is 1. The average Bonchev–Trinajstić information content (AvgIpc) is 3.37. The van der Waals surface area contributed by atoms with Crippen LogP contribution in [0.1, 0.15) is 17.7 Å². The summed E-state index contributed by atoms with van der Waals surface area (Å²) in [7, 11) is 0. The number of thiophene rings is 1. The van der Waals surface area contributed by atoms with E-state index in [0.717, 1.165) is 26.9 Å². The first-order valence-electron chi connectivity index (χ1n) is 8.54.